The quantitative estimate of drug-likeness (QED) is 0.215. The summed E-state index contributed by atoms with van der Waals surface area (Å²) in [6.07, 6.45) is 0.780. The first-order chi connectivity index (χ1) is 14.7. The maximum absolute atomic E-state index is 13.6. The van der Waals surface area contributed by atoms with Crippen LogP contribution in [0.1, 0.15) is 66.7 Å². The second kappa shape index (κ2) is 9.41. The number of ether oxygens (including phenoxy) is 1. The van der Waals surface area contributed by atoms with Gasteiger partial charge in [0.2, 0.25) is 5.79 Å². The fourth-order valence-electron chi connectivity index (χ4n) is 6.26. The van der Waals surface area contributed by atoms with Crippen LogP contribution >= 0.6 is 0 Å². The first kappa shape index (κ1) is 26.8. The highest BCUT2D eigenvalue weighted by Gasteiger charge is 2.76. The van der Waals surface area contributed by atoms with E-state index < -0.39 is 52.0 Å². The number of aliphatic hydroxyl groups excluding tert-OH is 2. The number of hydrogen-bond donors (Lipinski definition) is 5. The number of carbonyl (C=O) groups excluding carboxylic acids is 2. The number of ketones is 1. The van der Waals surface area contributed by atoms with E-state index in [2.05, 4.69) is 11.9 Å². The van der Waals surface area contributed by atoms with Crippen molar-refractivity contribution < 1.29 is 34.8 Å². The van der Waals surface area contributed by atoms with E-state index in [1.807, 2.05) is 20.8 Å². The Balaban J connectivity index is 2.60. The standard InChI is InChI=1S/C24H41NO7/c1-7-15(2)13-18(28)24(31)16(3)14-17(27)19-21(4,5)9-10-23(30,22(19,24)6)32-20(29)25-11-8-12-26/h7,15-17,19,26-27,30-31H,1,8-14H2,2-6H3,(H,25,29)/t15-,16+,17-,19+,22-,23-,24+/m1/s1. The van der Waals surface area contributed by atoms with Crippen molar-refractivity contribution in [2.45, 2.75) is 84.2 Å². The van der Waals surface area contributed by atoms with Crippen molar-refractivity contribution in [3.05, 3.63) is 12.7 Å². The van der Waals surface area contributed by atoms with Gasteiger partial charge >= 0.3 is 6.09 Å². The molecule has 0 aliphatic heterocycles. The smallest absolute Gasteiger partial charge is 0.409 e. The van der Waals surface area contributed by atoms with Gasteiger partial charge in [0.05, 0.1) is 11.5 Å². The van der Waals surface area contributed by atoms with E-state index in [4.69, 9.17) is 9.84 Å². The van der Waals surface area contributed by atoms with Gasteiger partial charge in [0.1, 0.15) is 5.60 Å². The number of aliphatic hydroxyl groups is 4. The minimum atomic E-state index is -2.19. The highest BCUT2D eigenvalue weighted by molar-refractivity contribution is 5.89. The Bertz CT molecular complexity index is 725. The highest BCUT2D eigenvalue weighted by Crippen LogP contribution is 2.66. The number of alkyl carbamates (subject to hydrolysis) is 1. The van der Waals surface area contributed by atoms with Gasteiger partial charge in [-0.3, -0.25) is 4.79 Å². The monoisotopic (exact) mass is 455 g/mol. The van der Waals surface area contributed by atoms with Gasteiger partial charge in [0.25, 0.3) is 0 Å². The Labute approximate surface area is 191 Å². The number of Topliss-reactive ketones (excluding diaryl/α,β-unsaturated/α-hetero) is 1. The van der Waals surface area contributed by atoms with Crippen molar-refractivity contribution in [3.8, 4) is 0 Å². The summed E-state index contributed by atoms with van der Waals surface area (Å²) in [5.74, 6) is -4.22. The third-order valence-corrected chi connectivity index (χ3v) is 8.07. The zero-order valence-electron chi connectivity index (χ0n) is 20.1. The molecule has 0 spiro atoms. The van der Waals surface area contributed by atoms with E-state index in [0.29, 0.717) is 12.8 Å². The lowest BCUT2D eigenvalue weighted by molar-refractivity contribution is -0.361. The molecule has 184 valence electrons. The first-order valence-corrected chi connectivity index (χ1v) is 11.6. The van der Waals surface area contributed by atoms with Crippen molar-refractivity contribution in [3.63, 3.8) is 0 Å². The summed E-state index contributed by atoms with van der Waals surface area (Å²) in [6.45, 7) is 12.7. The molecule has 8 nitrogen and oxygen atoms in total. The molecule has 2 fully saturated rings. The molecular formula is C24H41NO7. The van der Waals surface area contributed by atoms with Crippen LogP contribution in [0.3, 0.4) is 0 Å². The average molecular weight is 456 g/mol. The van der Waals surface area contributed by atoms with E-state index in [0.717, 1.165) is 0 Å². The van der Waals surface area contributed by atoms with Gasteiger partial charge in [-0.15, -0.1) is 6.58 Å². The molecule has 0 radical (unpaired) electrons. The summed E-state index contributed by atoms with van der Waals surface area (Å²) in [5, 5.41) is 46.5. The fraction of sp³-hybridized carbons (Fsp3) is 0.833. The van der Waals surface area contributed by atoms with E-state index in [1.54, 1.807) is 19.9 Å². The lowest BCUT2D eigenvalue weighted by atomic mass is 9.41. The Morgan fingerprint density at radius 3 is 2.44 bits per heavy atom. The normalized spacial score (nSPS) is 39.5. The molecule has 1 amide bonds. The average Bonchev–Trinajstić information content (AvgIpc) is 2.69. The summed E-state index contributed by atoms with van der Waals surface area (Å²) in [5.41, 5.74) is -4.23. The lowest BCUT2D eigenvalue weighted by Gasteiger charge is -2.67. The third kappa shape index (κ3) is 4.22. The predicted octanol–water partition coefficient (Wildman–Crippen LogP) is 2.14. The number of hydrogen-bond acceptors (Lipinski definition) is 7. The van der Waals surface area contributed by atoms with Crippen LogP contribution in [0.4, 0.5) is 4.79 Å². The molecular weight excluding hydrogens is 414 g/mol. The molecule has 2 rings (SSSR count). The molecule has 8 heteroatoms. The summed E-state index contributed by atoms with van der Waals surface area (Å²) < 4.78 is 5.55. The molecule has 7 atom stereocenters. The minimum absolute atomic E-state index is 0.00641. The molecule has 32 heavy (non-hydrogen) atoms. The minimum Gasteiger partial charge on any atom is -0.416 e. The van der Waals surface area contributed by atoms with E-state index in [1.165, 1.54) is 0 Å². The second-order valence-corrected chi connectivity index (χ2v) is 10.7. The predicted molar refractivity (Wildman–Crippen MR) is 119 cm³/mol. The molecule has 0 aromatic rings. The van der Waals surface area contributed by atoms with E-state index in [9.17, 15) is 24.9 Å². The molecule has 2 saturated carbocycles. The number of carbonyl (C=O) groups is 2. The lowest BCUT2D eigenvalue weighted by Crippen LogP contribution is -2.78. The van der Waals surface area contributed by atoms with Crippen molar-refractivity contribution >= 4 is 11.9 Å². The zero-order chi connectivity index (χ0) is 24.5. The van der Waals surface area contributed by atoms with Crippen LogP contribution in [0, 0.1) is 28.6 Å². The zero-order valence-corrected chi connectivity index (χ0v) is 20.1. The number of nitrogens with one attached hydrogen (secondary N) is 1. The van der Waals surface area contributed by atoms with Gasteiger partial charge in [-0.1, -0.05) is 33.8 Å². The van der Waals surface area contributed by atoms with Gasteiger partial charge in [0.15, 0.2) is 5.78 Å². The van der Waals surface area contributed by atoms with Crippen LogP contribution in [0.5, 0.6) is 0 Å². The molecule has 2 aliphatic carbocycles. The van der Waals surface area contributed by atoms with Crippen molar-refractivity contribution in [2.24, 2.45) is 28.6 Å². The summed E-state index contributed by atoms with van der Waals surface area (Å²) in [6, 6.07) is 0. The number of fused-ring (bicyclic) bond motifs is 1. The van der Waals surface area contributed by atoms with Gasteiger partial charge in [-0.05, 0) is 43.4 Å². The van der Waals surface area contributed by atoms with E-state index >= 15 is 0 Å². The maximum atomic E-state index is 13.6. The molecule has 2 aliphatic rings. The summed E-state index contributed by atoms with van der Waals surface area (Å²) in [4.78, 5) is 26.1. The Morgan fingerprint density at radius 2 is 1.88 bits per heavy atom. The van der Waals surface area contributed by atoms with Gasteiger partial charge in [-0.25, -0.2) is 4.79 Å². The van der Waals surface area contributed by atoms with E-state index in [-0.39, 0.29) is 38.3 Å². The van der Waals surface area contributed by atoms with Crippen LogP contribution in [0.2, 0.25) is 0 Å². The molecule has 0 bridgehead atoms. The number of amides is 1. The largest absolute Gasteiger partial charge is 0.416 e. The Hall–Kier alpha value is -1.48. The topological polar surface area (TPSA) is 136 Å². The Kier molecular flexibility index (Phi) is 7.87. The molecule has 0 unspecified atom stereocenters. The molecule has 0 saturated heterocycles. The summed E-state index contributed by atoms with van der Waals surface area (Å²) in [7, 11) is 0. The van der Waals surface area contributed by atoms with Crippen LogP contribution in [-0.4, -0.2) is 62.9 Å². The second-order valence-electron chi connectivity index (χ2n) is 10.7. The fourth-order valence-corrected chi connectivity index (χ4v) is 6.26. The summed E-state index contributed by atoms with van der Waals surface area (Å²) >= 11 is 0. The van der Waals surface area contributed by atoms with Crippen molar-refractivity contribution in [2.75, 3.05) is 13.2 Å². The van der Waals surface area contributed by atoms with Crippen LogP contribution in [0.15, 0.2) is 12.7 Å². The molecule has 5 N–H and O–H groups in total. The molecule has 0 aromatic heterocycles. The van der Waals surface area contributed by atoms with Crippen LogP contribution < -0.4 is 5.32 Å². The van der Waals surface area contributed by atoms with Gasteiger partial charge in [-0.2, -0.15) is 0 Å². The number of allylic oxidation sites excluding steroid dienone is 1. The molecule has 0 heterocycles. The van der Waals surface area contributed by atoms with Crippen LogP contribution in [0.25, 0.3) is 0 Å². The number of rotatable bonds is 8. The highest BCUT2D eigenvalue weighted by atomic mass is 16.7. The maximum Gasteiger partial charge on any atom is 0.409 e. The third-order valence-electron chi connectivity index (χ3n) is 8.07. The van der Waals surface area contributed by atoms with Crippen LogP contribution in [-0.2, 0) is 9.53 Å². The molecule has 0 aromatic carbocycles. The SMILES string of the molecule is C=C[C@@H](C)CC(=O)[C@@]1(O)[C@@H](C)C[C@@H](O)[C@H]2C(C)(C)CC[C@@](O)(OC(=O)NCCCO)[C@@]21C. The van der Waals surface area contributed by atoms with Crippen molar-refractivity contribution in [1.29, 1.82) is 0 Å². The van der Waals surface area contributed by atoms with Gasteiger partial charge in [0, 0.05) is 31.9 Å². The van der Waals surface area contributed by atoms with Gasteiger partial charge < -0.3 is 30.5 Å². The van der Waals surface area contributed by atoms with Crippen molar-refractivity contribution in [1.82, 2.24) is 5.32 Å². The first-order valence-electron chi connectivity index (χ1n) is 11.6. The Morgan fingerprint density at radius 1 is 1.25 bits per heavy atom.